The van der Waals surface area contributed by atoms with Gasteiger partial charge in [0.1, 0.15) is 6.07 Å². The van der Waals surface area contributed by atoms with Crippen LogP contribution in [0.1, 0.15) is 10.4 Å². The molecule has 0 aliphatic heterocycles. The van der Waals surface area contributed by atoms with E-state index in [2.05, 4.69) is 28.1 Å². The molecule has 0 aliphatic rings. The molecule has 2 N–H and O–H groups in total. The monoisotopic (exact) mass is 266 g/mol. The molecule has 1 aromatic heterocycles. The van der Waals surface area contributed by atoms with Crippen molar-refractivity contribution in [1.29, 1.82) is 5.26 Å². The summed E-state index contributed by atoms with van der Waals surface area (Å²) in [5.74, 6) is 0. The van der Waals surface area contributed by atoms with E-state index >= 15 is 0 Å². The van der Waals surface area contributed by atoms with Crippen LogP contribution in [0.5, 0.6) is 0 Å². The lowest BCUT2D eigenvalue weighted by molar-refractivity contribution is 1.50. The Morgan fingerprint density at radius 2 is 2.29 bits per heavy atom. The number of nitrogens with two attached hydrogens (primary N) is 1. The summed E-state index contributed by atoms with van der Waals surface area (Å²) in [4.78, 5) is 1.22. The van der Waals surface area contributed by atoms with Gasteiger partial charge in [0.15, 0.2) is 0 Å². The third-order valence-electron chi connectivity index (χ3n) is 2.03. The van der Waals surface area contributed by atoms with Gasteiger partial charge in [-0.25, -0.2) is 0 Å². The first-order chi connectivity index (χ1) is 6.76. The van der Waals surface area contributed by atoms with Crippen LogP contribution in [-0.4, -0.2) is 0 Å². The van der Waals surface area contributed by atoms with E-state index in [1.165, 1.54) is 4.88 Å². The Hall–Kier alpha value is -1.05. The Labute approximate surface area is 94.1 Å². The molecule has 2 nitrogen and oxygen atoms in total. The van der Waals surface area contributed by atoms with Gasteiger partial charge in [-0.3, -0.25) is 0 Å². The number of halogens is 1. The summed E-state index contributed by atoms with van der Waals surface area (Å²) in [6.45, 7) is 0. The van der Waals surface area contributed by atoms with Crippen LogP contribution in [0.3, 0.4) is 0 Å². The molecular formula is C10H7BrN2S. The molecule has 4 heteroatoms. The highest BCUT2D eigenvalue weighted by molar-refractivity contribution is 9.08. The molecule has 0 saturated carbocycles. The van der Waals surface area contributed by atoms with Gasteiger partial charge in [-0.1, -0.05) is 22.0 Å². The second-order valence-corrected chi connectivity index (χ2v) is 4.60. The zero-order valence-corrected chi connectivity index (χ0v) is 9.65. The van der Waals surface area contributed by atoms with Crippen molar-refractivity contribution in [3.05, 3.63) is 28.6 Å². The van der Waals surface area contributed by atoms with Crippen LogP contribution in [0.15, 0.2) is 18.2 Å². The summed E-state index contributed by atoms with van der Waals surface area (Å²) in [6, 6.07) is 7.88. The Bertz CT molecular complexity index is 525. The molecule has 1 aromatic carbocycles. The third kappa shape index (κ3) is 1.39. The molecule has 2 aromatic rings. The SMILES string of the molecule is N#Cc1ccc2cc(CBr)sc2c1N. The number of alkyl halides is 1. The Kier molecular flexibility index (Phi) is 2.44. The second kappa shape index (κ2) is 3.60. The van der Waals surface area contributed by atoms with Crippen molar-refractivity contribution in [2.24, 2.45) is 0 Å². The molecule has 0 amide bonds. The van der Waals surface area contributed by atoms with Gasteiger partial charge < -0.3 is 5.73 Å². The number of thiophene rings is 1. The average Bonchev–Trinajstić information content (AvgIpc) is 2.62. The topological polar surface area (TPSA) is 49.8 Å². The van der Waals surface area contributed by atoms with Crippen LogP contribution in [0.2, 0.25) is 0 Å². The van der Waals surface area contributed by atoms with Gasteiger partial charge in [0, 0.05) is 10.2 Å². The maximum absolute atomic E-state index is 8.81. The van der Waals surface area contributed by atoms with Crippen LogP contribution < -0.4 is 5.73 Å². The minimum absolute atomic E-state index is 0.556. The number of anilines is 1. The van der Waals surface area contributed by atoms with E-state index in [0.717, 1.165) is 15.4 Å². The van der Waals surface area contributed by atoms with Gasteiger partial charge in [-0.2, -0.15) is 5.26 Å². The van der Waals surface area contributed by atoms with E-state index in [4.69, 9.17) is 11.0 Å². The van der Waals surface area contributed by atoms with E-state index < -0.39 is 0 Å². The number of nitrogens with zero attached hydrogens (tertiary/aromatic N) is 1. The van der Waals surface area contributed by atoms with Gasteiger partial charge >= 0.3 is 0 Å². The fourth-order valence-corrected chi connectivity index (χ4v) is 2.81. The molecule has 2 rings (SSSR count). The van der Waals surface area contributed by atoms with Crippen molar-refractivity contribution in [2.75, 3.05) is 5.73 Å². The number of benzene rings is 1. The van der Waals surface area contributed by atoms with Crippen LogP contribution in [0, 0.1) is 11.3 Å². The minimum Gasteiger partial charge on any atom is -0.396 e. The van der Waals surface area contributed by atoms with Crippen LogP contribution in [-0.2, 0) is 5.33 Å². The second-order valence-electron chi connectivity index (χ2n) is 2.90. The molecule has 0 bridgehead atoms. The first-order valence-electron chi connectivity index (χ1n) is 4.03. The molecule has 1 heterocycles. The lowest BCUT2D eigenvalue weighted by Crippen LogP contribution is -1.88. The zero-order chi connectivity index (χ0) is 10.1. The molecule has 70 valence electrons. The van der Waals surface area contributed by atoms with E-state index in [0.29, 0.717) is 11.3 Å². The predicted molar refractivity (Wildman–Crippen MR) is 63.6 cm³/mol. The van der Waals surface area contributed by atoms with Crippen LogP contribution >= 0.6 is 27.3 Å². The summed E-state index contributed by atoms with van der Waals surface area (Å²) in [7, 11) is 0. The number of rotatable bonds is 1. The van der Waals surface area contributed by atoms with Gasteiger partial charge in [0.25, 0.3) is 0 Å². The number of nitrogen functional groups attached to an aromatic ring is 1. The molecule has 0 radical (unpaired) electrons. The summed E-state index contributed by atoms with van der Waals surface area (Å²) < 4.78 is 1.01. The summed E-state index contributed by atoms with van der Waals surface area (Å²) in [5.41, 5.74) is 7.03. The molecule has 14 heavy (non-hydrogen) atoms. The van der Waals surface area contributed by atoms with Crippen molar-refractivity contribution in [3.8, 4) is 6.07 Å². The van der Waals surface area contributed by atoms with Crippen molar-refractivity contribution in [2.45, 2.75) is 5.33 Å². The summed E-state index contributed by atoms with van der Waals surface area (Å²) >= 11 is 5.03. The quantitative estimate of drug-likeness (QED) is 0.637. The largest absolute Gasteiger partial charge is 0.396 e. The fourth-order valence-electron chi connectivity index (χ4n) is 1.34. The smallest absolute Gasteiger partial charge is 0.101 e. The first kappa shape index (κ1) is 9.50. The van der Waals surface area contributed by atoms with Gasteiger partial charge in [0.2, 0.25) is 0 Å². The predicted octanol–water partition coefficient (Wildman–Crippen LogP) is 3.25. The number of nitriles is 1. The lowest BCUT2D eigenvalue weighted by atomic mass is 10.1. The molecule has 0 fully saturated rings. The minimum atomic E-state index is 0.556. The summed E-state index contributed by atoms with van der Waals surface area (Å²) in [6.07, 6.45) is 0. The Morgan fingerprint density at radius 3 is 2.93 bits per heavy atom. The fraction of sp³-hybridized carbons (Fsp3) is 0.100. The van der Waals surface area contributed by atoms with Crippen molar-refractivity contribution < 1.29 is 0 Å². The Balaban J connectivity index is 2.76. The standard InChI is InChI=1S/C10H7BrN2S/c11-4-8-3-6-1-2-7(5-12)9(13)10(6)14-8/h1-3H,4,13H2. The van der Waals surface area contributed by atoms with Crippen molar-refractivity contribution >= 4 is 43.0 Å². The summed E-state index contributed by atoms with van der Waals surface area (Å²) in [5, 5.41) is 10.7. The van der Waals surface area contributed by atoms with Crippen molar-refractivity contribution in [3.63, 3.8) is 0 Å². The molecule has 0 saturated heterocycles. The molecule has 0 spiro atoms. The van der Waals surface area contributed by atoms with E-state index in [1.807, 2.05) is 6.07 Å². The number of hydrogen-bond donors (Lipinski definition) is 1. The highest BCUT2D eigenvalue weighted by Gasteiger charge is 2.07. The van der Waals surface area contributed by atoms with E-state index in [1.54, 1.807) is 17.4 Å². The normalized spacial score (nSPS) is 10.3. The third-order valence-corrected chi connectivity index (χ3v) is 4.19. The van der Waals surface area contributed by atoms with Crippen LogP contribution in [0.4, 0.5) is 5.69 Å². The highest BCUT2D eigenvalue weighted by atomic mass is 79.9. The lowest BCUT2D eigenvalue weighted by Gasteiger charge is -1.97. The maximum atomic E-state index is 8.81. The van der Waals surface area contributed by atoms with Crippen molar-refractivity contribution in [1.82, 2.24) is 0 Å². The van der Waals surface area contributed by atoms with Gasteiger partial charge in [-0.15, -0.1) is 11.3 Å². The zero-order valence-electron chi connectivity index (χ0n) is 7.25. The first-order valence-corrected chi connectivity index (χ1v) is 5.97. The van der Waals surface area contributed by atoms with Gasteiger partial charge in [0.05, 0.1) is 16.0 Å². The highest BCUT2D eigenvalue weighted by Crippen LogP contribution is 2.33. The van der Waals surface area contributed by atoms with Gasteiger partial charge in [-0.05, 0) is 17.5 Å². The Morgan fingerprint density at radius 1 is 1.50 bits per heavy atom. The van der Waals surface area contributed by atoms with E-state index in [9.17, 15) is 0 Å². The average molecular weight is 267 g/mol. The molecule has 0 atom stereocenters. The number of hydrogen-bond acceptors (Lipinski definition) is 3. The molecular weight excluding hydrogens is 260 g/mol. The molecule has 0 aliphatic carbocycles. The van der Waals surface area contributed by atoms with E-state index in [-0.39, 0.29) is 0 Å². The van der Waals surface area contributed by atoms with Crippen LogP contribution in [0.25, 0.3) is 10.1 Å². The molecule has 0 unspecified atom stereocenters. The number of fused-ring (bicyclic) bond motifs is 1. The maximum Gasteiger partial charge on any atom is 0.101 e.